The third-order valence-corrected chi connectivity index (χ3v) is 18.3. The van der Waals surface area contributed by atoms with E-state index in [1.54, 1.807) is 22.7 Å². The van der Waals surface area contributed by atoms with E-state index in [-0.39, 0.29) is 0 Å². The van der Waals surface area contributed by atoms with Crippen molar-refractivity contribution < 1.29 is 0 Å². The molecule has 0 radical (unpaired) electrons. The number of para-hydroxylation sites is 4. The zero-order valence-corrected chi connectivity index (χ0v) is 41.9. The summed E-state index contributed by atoms with van der Waals surface area (Å²) in [5.41, 5.74) is 12.8. The molecule has 0 unspecified atom stereocenters. The van der Waals surface area contributed by atoms with Gasteiger partial charge in [-0.3, -0.25) is 0 Å². The topological polar surface area (TPSA) is 47.9 Å². The summed E-state index contributed by atoms with van der Waals surface area (Å²) in [6.45, 7) is 8.99. The van der Waals surface area contributed by atoms with Gasteiger partial charge in [0, 0.05) is 94.8 Å². The Morgan fingerprint density at radius 2 is 0.697 bits per heavy atom. The molecule has 0 aliphatic carbocycles. The second-order valence-electron chi connectivity index (χ2n) is 19.8. The van der Waals surface area contributed by atoms with Gasteiger partial charge in [0.1, 0.15) is 6.07 Å². The molecule has 8 heteroatoms. The van der Waals surface area contributed by atoms with Crippen LogP contribution < -0.4 is 0 Å². The second kappa shape index (κ2) is 15.3. The van der Waals surface area contributed by atoms with Crippen molar-refractivity contribution in [3.63, 3.8) is 0 Å². The lowest BCUT2D eigenvalue weighted by Gasteiger charge is -2.16. The molecule has 0 aliphatic rings. The number of thiophene rings is 2. The molecule has 0 fully saturated rings. The average Bonchev–Trinajstić information content (AvgIpc) is 4.46. The number of hydrogen-bond donors (Lipinski definition) is 0. The molecule has 0 saturated heterocycles. The molecule has 6 aromatic heterocycles. The highest BCUT2D eigenvalue weighted by Crippen LogP contribution is 2.47. The highest BCUT2D eigenvalue weighted by Gasteiger charge is 2.25. The Bertz CT molecular complexity index is 5070. The quantitative estimate of drug-likeness (QED) is 0.162. The number of benzene rings is 11. The van der Waals surface area contributed by atoms with E-state index in [9.17, 15) is 5.26 Å². The highest BCUT2D eigenvalue weighted by atomic mass is 32.1. The molecule has 0 spiro atoms. The van der Waals surface area contributed by atoms with Crippen LogP contribution in [0.2, 0.25) is 0 Å². The van der Waals surface area contributed by atoms with Crippen LogP contribution in [0.5, 0.6) is 0 Å². The van der Waals surface area contributed by atoms with Crippen LogP contribution in [0.4, 0.5) is 5.69 Å². The van der Waals surface area contributed by atoms with E-state index in [2.05, 4.69) is 235 Å². The predicted octanol–water partition coefficient (Wildman–Crippen LogP) is 19.2. The molecule has 0 amide bonds. The first kappa shape index (κ1) is 41.5. The number of nitrogens with zero attached hydrogens (tertiary/aromatic N) is 6. The van der Waals surface area contributed by atoms with Crippen LogP contribution in [0, 0.1) is 17.9 Å². The molecule has 0 saturated carbocycles. The van der Waals surface area contributed by atoms with Crippen LogP contribution in [0.25, 0.3) is 155 Å². The van der Waals surface area contributed by atoms with E-state index in [1.165, 1.54) is 61.9 Å². The number of hydrogen-bond acceptors (Lipinski definition) is 3. The maximum atomic E-state index is 11.5. The van der Waals surface area contributed by atoms with Gasteiger partial charge >= 0.3 is 0 Å². The lowest BCUT2D eigenvalue weighted by Crippen LogP contribution is -2.02. The first-order valence-corrected chi connectivity index (χ1v) is 27.0. The molecule has 0 atom stereocenters. The van der Waals surface area contributed by atoms with E-state index in [1.807, 2.05) is 12.1 Å². The van der Waals surface area contributed by atoms with Gasteiger partial charge in [-0.05, 0) is 109 Å². The van der Waals surface area contributed by atoms with Crippen molar-refractivity contribution in [3.8, 4) is 28.8 Å². The number of rotatable bonds is 4. The van der Waals surface area contributed by atoms with E-state index in [4.69, 9.17) is 6.57 Å². The maximum Gasteiger partial charge on any atom is 0.212 e. The van der Waals surface area contributed by atoms with Crippen molar-refractivity contribution in [3.05, 3.63) is 235 Å². The first-order chi connectivity index (χ1) is 37.6. The van der Waals surface area contributed by atoms with Gasteiger partial charge in [0.15, 0.2) is 0 Å². The zero-order chi connectivity index (χ0) is 49.9. The Kier molecular flexibility index (Phi) is 8.36. The van der Waals surface area contributed by atoms with Crippen LogP contribution in [-0.2, 0) is 0 Å². The average molecular weight is 1000 g/mol. The summed E-state index contributed by atoms with van der Waals surface area (Å²) in [7, 11) is 0. The Hall–Kier alpha value is -9.96. The van der Waals surface area contributed by atoms with Crippen LogP contribution in [0.15, 0.2) is 218 Å². The molecular formula is C68H36N6S2. The second-order valence-corrected chi connectivity index (χ2v) is 22.0. The first-order valence-electron chi connectivity index (χ1n) is 25.3. The van der Waals surface area contributed by atoms with Crippen molar-refractivity contribution in [2.45, 2.75) is 0 Å². The number of fused-ring (bicyclic) bond motifs is 18. The standard InChI is InChI=1S/C68H36N6S2/c1-70-54-35-61(73-59-28-26-40(71-55-20-8-2-14-42(55)43-15-3-9-21-56(43)71)31-48(59)50-33-52-46-18-6-12-24-65(46)75-67(52)36-62(50)73)39(38-69)30-64(54)74-60-29-27-41(72-57-22-10-4-16-44(57)45-17-5-11-23-58(45)72)32-49(60)51-34-53-47-19-7-13-25-66(47)76-68(53)37-63(51)74/h2-37H. The summed E-state index contributed by atoms with van der Waals surface area (Å²) >= 11 is 3.57. The molecule has 11 aromatic carbocycles. The third-order valence-electron chi connectivity index (χ3n) is 16.0. The maximum absolute atomic E-state index is 11.5. The van der Waals surface area contributed by atoms with E-state index >= 15 is 0 Å². The summed E-state index contributed by atoms with van der Waals surface area (Å²) in [6, 6.07) is 81.0. The Balaban J connectivity index is 0.935. The van der Waals surface area contributed by atoms with E-state index < -0.39 is 0 Å². The van der Waals surface area contributed by atoms with Gasteiger partial charge in [0.2, 0.25) is 5.69 Å². The number of nitriles is 1. The summed E-state index contributed by atoms with van der Waals surface area (Å²) in [6.07, 6.45) is 0. The minimum atomic E-state index is 0.454. The molecule has 0 aliphatic heterocycles. The Morgan fingerprint density at radius 3 is 1.13 bits per heavy atom. The molecular weight excluding hydrogens is 965 g/mol. The predicted molar refractivity (Wildman–Crippen MR) is 321 cm³/mol. The molecule has 17 aromatic rings. The van der Waals surface area contributed by atoms with Gasteiger partial charge in [0.05, 0.1) is 67.6 Å². The van der Waals surface area contributed by atoms with Crippen molar-refractivity contribution in [2.24, 2.45) is 0 Å². The van der Waals surface area contributed by atoms with Gasteiger partial charge in [0.25, 0.3) is 0 Å². The van der Waals surface area contributed by atoms with E-state index in [0.717, 1.165) is 77.1 Å². The number of aromatic nitrogens is 4. The van der Waals surface area contributed by atoms with Gasteiger partial charge in [-0.2, -0.15) is 5.26 Å². The Morgan fingerprint density at radius 1 is 0.316 bits per heavy atom. The van der Waals surface area contributed by atoms with Crippen molar-refractivity contribution in [1.29, 1.82) is 5.26 Å². The molecule has 0 bridgehead atoms. The Labute approximate surface area is 441 Å². The lowest BCUT2D eigenvalue weighted by molar-refractivity contribution is 1.14. The van der Waals surface area contributed by atoms with Crippen LogP contribution in [-0.4, -0.2) is 18.3 Å². The SMILES string of the molecule is [C-]#[N+]c1cc(-n2c3ccc(-n4c5ccccc5c5ccccc54)cc3c3cc4c(cc32)sc2ccccc24)c(C#N)cc1-n1c2ccc(-n3c4ccccc4c4ccccc43)cc2c2cc3c(cc21)sc1ccccc13. The molecule has 6 nitrogen and oxygen atoms in total. The van der Waals surface area contributed by atoms with Crippen molar-refractivity contribution in [1.82, 2.24) is 18.3 Å². The van der Waals surface area contributed by atoms with Crippen LogP contribution >= 0.6 is 22.7 Å². The summed E-state index contributed by atoms with van der Waals surface area (Å²) in [4.78, 5) is 4.36. The largest absolute Gasteiger partial charge is 0.319 e. The fourth-order valence-electron chi connectivity index (χ4n) is 12.8. The molecule has 76 heavy (non-hydrogen) atoms. The summed E-state index contributed by atoms with van der Waals surface area (Å²) in [5.74, 6) is 0. The summed E-state index contributed by atoms with van der Waals surface area (Å²) in [5, 5.41) is 25.5. The summed E-state index contributed by atoms with van der Waals surface area (Å²) < 4.78 is 14.0. The lowest BCUT2D eigenvalue weighted by atomic mass is 10.1. The third kappa shape index (κ3) is 5.56. The fraction of sp³-hybridized carbons (Fsp3) is 0. The fourth-order valence-corrected chi connectivity index (χ4v) is 15.0. The smallest absolute Gasteiger partial charge is 0.212 e. The van der Waals surface area contributed by atoms with Gasteiger partial charge in [-0.1, -0.05) is 109 Å². The normalized spacial score (nSPS) is 12.2. The van der Waals surface area contributed by atoms with Gasteiger partial charge in [-0.25, -0.2) is 4.85 Å². The minimum absolute atomic E-state index is 0.454. The molecule has 17 rings (SSSR count). The van der Waals surface area contributed by atoms with Gasteiger partial charge < -0.3 is 18.3 Å². The molecule has 350 valence electrons. The zero-order valence-electron chi connectivity index (χ0n) is 40.3. The van der Waals surface area contributed by atoms with Gasteiger partial charge in [-0.15, -0.1) is 22.7 Å². The van der Waals surface area contributed by atoms with E-state index in [0.29, 0.717) is 22.6 Å². The van der Waals surface area contributed by atoms with Crippen LogP contribution in [0.3, 0.4) is 0 Å². The van der Waals surface area contributed by atoms with Crippen molar-refractivity contribution >= 4 is 156 Å². The molecule has 0 N–H and O–H groups in total. The monoisotopic (exact) mass is 1000 g/mol. The molecule has 6 heterocycles. The highest BCUT2D eigenvalue weighted by molar-refractivity contribution is 7.26. The minimum Gasteiger partial charge on any atom is -0.319 e. The van der Waals surface area contributed by atoms with Crippen molar-refractivity contribution in [2.75, 3.05) is 0 Å². The van der Waals surface area contributed by atoms with Crippen LogP contribution in [0.1, 0.15) is 5.56 Å².